The summed E-state index contributed by atoms with van der Waals surface area (Å²) in [6.45, 7) is 6.63. The Morgan fingerprint density at radius 3 is 2.17 bits per heavy atom. The van der Waals surface area contributed by atoms with Crippen molar-refractivity contribution in [3.05, 3.63) is 82.4 Å². The molecule has 0 amide bonds. The zero-order chi connectivity index (χ0) is 16.9. The van der Waals surface area contributed by atoms with Gasteiger partial charge in [0.1, 0.15) is 6.10 Å². The van der Waals surface area contributed by atoms with Crippen molar-refractivity contribution in [1.29, 1.82) is 0 Å². The van der Waals surface area contributed by atoms with Crippen molar-refractivity contribution in [2.45, 2.75) is 45.1 Å². The van der Waals surface area contributed by atoms with Crippen molar-refractivity contribution >= 4 is 10.8 Å². The molecule has 0 fully saturated rings. The van der Waals surface area contributed by atoms with Gasteiger partial charge in [0, 0.05) is 0 Å². The summed E-state index contributed by atoms with van der Waals surface area (Å²) >= 11 is 0. The fraction of sp³-hybridized carbons (Fsp3) is 0.304. The van der Waals surface area contributed by atoms with Gasteiger partial charge >= 0.3 is 0 Å². The summed E-state index contributed by atoms with van der Waals surface area (Å²) in [5.41, 5.74) is 6.23. The van der Waals surface area contributed by atoms with Gasteiger partial charge in [-0.25, -0.2) is 0 Å². The SMILES string of the molecule is CC(C)(C)c1ccc([C@H](O)c2ccc3c4c(cccc24)CC3)cc1. The summed E-state index contributed by atoms with van der Waals surface area (Å²) in [7, 11) is 0. The van der Waals surface area contributed by atoms with Crippen LogP contribution in [0.3, 0.4) is 0 Å². The molecule has 122 valence electrons. The minimum absolute atomic E-state index is 0.130. The molecule has 0 aliphatic heterocycles. The first kappa shape index (κ1) is 15.4. The Bertz CT molecular complexity index is 887. The number of rotatable bonds is 2. The number of aliphatic hydroxyl groups is 1. The molecule has 3 aromatic rings. The third kappa shape index (κ3) is 2.44. The average Bonchev–Trinajstić information content (AvgIpc) is 2.99. The number of hydrogen-bond donors (Lipinski definition) is 1. The Balaban J connectivity index is 1.78. The van der Waals surface area contributed by atoms with Gasteiger partial charge in [-0.05, 0) is 56.8 Å². The lowest BCUT2D eigenvalue weighted by Gasteiger charge is -2.21. The van der Waals surface area contributed by atoms with Gasteiger partial charge < -0.3 is 5.11 Å². The highest BCUT2D eigenvalue weighted by Gasteiger charge is 2.20. The fourth-order valence-corrected chi connectivity index (χ4v) is 3.85. The van der Waals surface area contributed by atoms with Gasteiger partial charge in [-0.2, -0.15) is 0 Å². The summed E-state index contributed by atoms with van der Waals surface area (Å²) < 4.78 is 0. The van der Waals surface area contributed by atoms with E-state index < -0.39 is 6.10 Å². The lowest BCUT2D eigenvalue weighted by atomic mass is 9.85. The Labute approximate surface area is 144 Å². The third-order valence-electron chi connectivity index (χ3n) is 5.30. The first-order valence-corrected chi connectivity index (χ1v) is 8.77. The average molecular weight is 316 g/mol. The molecule has 0 aromatic heterocycles. The molecular weight excluding hydrogens is 292 g/mol. The third-order valence-corrected chi connectivity index (χ3v) is 5.30. The molecule has 0 heterocycles. The lowest BCUT2D eigenvalue weighted by molar-refractivity contribution is 0.222. The molecule has 0 spiro atoms. The highest BCUT2D eigenvalue weighted by atomic mass is 16.3. The monoisotopic (exact) mass is 316 g/mol. The van der Waals surface area contributed by atoms with Gasteiger partial charge in [0.25, 0.3) is 0 Å². The molecule has 1 atom stereocenters. The summed E-state index contributed by atoms with van der Waals surface area (Å²) in [6.07, 6.45) is 1.66. The highest BCUT2D eigenvalue weighted by molar-refractivity contribution is 5.93. The van der Waals surface area contributed by atoms with Crippen LogP contribution in [-0.4, -0.2) is 5.11 Å². The molecule has 1 aliphatic carbocycles. The van der Waals surface area contributed by atoms with E-state index in [1.54, 1.807) is 0 Å². The van der Waals surface area contributed by atoms with Crippen molar-refractivity contribution in [3.8, 4) is 0 Å². The standard InChI is InChI=1S/C23H24O/c1-23(2,3)18-12-9-17(10-13-18)22(24)20-14-11-16-8-7-15-5-4-6-19(20)21(15)16/h4-6,9-14,22,24H,7-8H2,1-3H3/t22-/m0/s1. The quantitative estimate of drug-likeness (QED) is 0.678. The molecule has 24 heavy (non-hydrogen) atoms. The molecule has 0 radical (unpaired) electrons. The van der Waals surface area contributed by atoms with Crippen LogP contribution in [0.15, 0.2) is 54.6 Å². The number of benzene rings is 3. The number of hydrogen-bond acceptors (Lipinski definition) is 1. The van der Waals surface area contributed by atoms with Crippen LogP contribution in [0.2, 0.25) is 0 Å². The predicted octanol–water partition coefficient (Wildman–Crippen LogP) is 5.32. The van der Waals surface area contributed by atoms with Crippen molar-refractivity contribution in [3.63, 3.8) is 0 Å². The summed E-state index contributed by atoms with van der Waals surface area (Å²) in [4.78, 5) is 0. The Morgan fingerprint density at radius 1 is 0.833 bits per heavy atom. The van der Waals surface area contributed by atoms with Crippen molar-refractivity contribution in [1.82, 2.24) is 0 Å². The van der Waals surface area contributed by atoms with Crippen molar-refractivity contribution in [2.75, 3.05) is 0 Å². The minimum atomic E-state index is -0.580. The van der Waals surface area contributed by atoms with E-state index in [4.69, 9.17) is 0 Å². The topological polar surface area (TPSA) is 20.2 Å². The second-order valence-corrected chi connectivity index (χ2v) is 7.93. The van der Waals surface area contributed by atoms with Crippen LogP contribution >= 0.6 is 0 Å². The van der Waals surface area contributed by atoms with E-state index >= 15 is 0 Å². The molecule has 1 N–H and O–H groups in total. The fourth-order valence-electron chi connectivity index (χ4n) is 3.85. The van der Waals surface area contributed by atoms with Crippen LogP contribution in [0.5, 0.6) is 0 Å². The van der Waals surface area contributed by atoms with E-state index in [-0.39, 0.29) is 5.41 Å². The molecule has 0 saturated heterocycles. The second-order valence-electron chi connectivity index (χ2n) is 7.93. The van der Waals surface area contributed by atoms with Gasteiger partial charge in [0.15, 0.2) is 0 Å². The van der Waals surface area contributed by atoms with Crippen LogP contribution in [0.4, 0.5) is 0 Å². The Hall–Kier alpha value is -2.12. The molecule has 0 saturated carbocycles. The first-order chi connectivity index (χ1) is 11.4. The van der Waals surface area contributed by atoms with Crippen molar-refractivity contribution < 1.29 is 5.11 Å². The number of aliphatic hydroxyl groups excluding tert-OH is 1. The van der Waals surface area contributed by atoms with Crippen LogP contribution in [0.25, 0.3) is 10.8 Å². The number of aryl methyl sites for hydroxylation is 2. The summed E-state index contributed by atoms with van der Waals surface area (Å²) in [6, 6.07) is 19.2. The van der Waals surface area contributed by atoms with Gasteiger partial charge in [-0.3, -0.25) is 0 Å². The van der Waals surface area contributed by atoms with E-state index in [9.17, 15) is 5.11 Å². The van der Waals surface area contributed by atoms with E-state index in [0.717, 1.165) is 24.0 Å². The normalized spacial score (nSPS) is 15.0. The van der Waals surface area contributed by atoms with E-state index in [1.165, 1.54) is 27.5 Å². The molecule has 3 aromatic carbocycles. The Morgan fingerprint density at radius 2 is 1.50 bits per heavy atom. The van der Waals surface area contributed by atoms with Gasteiger partial charge in [-0.15, -0.1) is 0 Å². The zero-order valence-electron chi connectivity index (χ0n) is 14.6. The van der Waals surface area contributed by atoms with Gasteiger partial charge in [0.05, 0.1) is 0 Å². The zero-order valence-corrected chi connectivity index (χ0v) is 14.6. The van der Waals surface area contributed by atoms with Crippen LogP contribution in [-0.2, 0) is 18.3 Å². The van der Waals surface area contributed by atoms with Gasteiger partial charge in [-0.1, -0.05) is 75.4 Å². The molecule has 0 unspecified atom stereocenters. The molecule has 1 aliphatic rings. The Kier molecular flexibility index (Phi) is 3.51. The molecule has 1 nitrogen and oxygen atoms in total. The van der Waals surface area contributed by atoms with Crippen LogP contribution < -0.4 is 0 Å². The summed E-state index contributed by atoms with van der Waals surface area (Å²) in [5, 5.41) is 13.6. The van der Waals surface area contributed by atoms with Crippen LogP contribution in [0, 0.1) is 0 Å². The van der Waals surface area contributed by atoms with E-state index in [1.807, 2.05) is 0 Å². The maximum atomic E-state index is 11.0. The van der Waals surface area contributed by atoms with E-state index in [0.29, 0.717) is 0 Å². The molecule has 1 heteroatoms. The second kappa shape index (κ2) is 5.46. The van der Waals surface area contributed by atoms with Crippen molar-refractivity contribution in [2.24, 2.45) is 0 Å². The molecular formula is C23H24O. The van der Waals surface area contributed by atoms with Crippen LogP contribution in [0.1, 0.15) is 54.7 Å². The maximum Gasteiger partial charge on any atom is 0.105 e. The highest BCUT2D eigenvalue weighted by Crippen LogP contribution is 2.37. The predicted molar refractivity (Wildman–Crippen MR) is 101 cm³/mol. The lowest BCUT2D eigenvalue weighted by Crippen LogP contribution is -2.11. The van der Waals surface area contributed by atoms with Gasteiger partial charge in [0.2, 0.25) is 0 Å². The minimum Gasteiger partial charge on any atom is -0.384 e. The molecule has 4 rings (SSSR count). The summed E-state index contributed by atoms with van der Waals surface area (Å²) in [5.74, 6) is 0. The smallest absolute Gasteiger partial charge is 0.105 e. The first-order valence-electron chi connectivity index (χ1n) is 8.77. The molecule has 0 bridgehead atoms. The largest absolute Gasteiger partial charge is 0.384 e. The maximum absolute atomic E-state index is 11.0. The van der Waals surface area contributed by atoms with E-state index in [2.05, 4.69) is 75.4 Å².